The summed E-state index contributed by atoms with van der Waals surface area (Å²) >= 11 is 0. The first-order valence-electron chi connectivity index (χ1n) is 1.23. The van der Waals surface area contributed by atoms with E-state index < -0.39 is 20.5 Å². The van der Waals surface area contributed by atoms with Crippen LogP contribution in [0.25, 0.3) is 0 Å². The van der Waals surface area contributed by atoms with E-state index in [1.807, 2.05) is 0 Å². The van der Waals surface area contributed by atoms with E-state index in [1.165, 1.54) is 0 Å². The number of rotatable bonds is 0. The van der Waals surface area contributed by atoms with Crippen LogP contribution in [0, 0.1) is 20.5 Å². The molecular weight excluding hydrogens is 239 g/mol. The van der Waals surface area contributed by atoms with Gasteiger partial charge >= 0.3 is 37.7 Å². The normalized spacial score (nSPS) is 10.9. The Kier molecular flexibility index (Phi) is 11.6. The molecule has 0 aromatic rings. The van der Waals surface area contributed by atoms with Crippen molar-refractivity contribution in [3.63, 3.8) is 0 Å². The molecule has 64 valence electrons. The standard InChI is InChI=1S/Ca.2ClHO4/c;2*2-1(3,4)5/h;2*(H,2,3,4,5)/q+2;;/p-2. The molecule has 0 N–H and O–H groups in total. The van der Waals surface area contributed by atoms with Crippen LogP contribution in [0.3, 0.4) is 0 Å². The Morgan fingerprint density at radius 1 is 0.455 bits per heavy atom. The van der Waals surface area contributed by atoms with Crippen LogP contribution < -0.4 is 37.3 Å². The molecule has 0 fully saturated rings. The average molecular weight is 239 g/mol. The predicted molar refractivity (Wildman–Crippen MR) is 5.75 cm³/mol. The molecule has 0 aromatic carbocycles. The van der Waals surface area contributed by atoms with E-state index >= 15 is 0 Å². The molecule has 8 nitrogen and oxygen atoms in total. The Balaban J connectivity index is -0.000000107. The minimum absolute atomic E-state index is 0. The summed E-state index contributed by atoms with van der Waals surface area (Å²) in [7, 11) is -9.89. The van der Waals surface area contributed by atoms with E-state index in [-0.39, 0.29) is 37.7 Å². The molecule has 0 aliphatic heterocycles. The van der Waals surface area contributed by atoms with Crippen LogP contribution in [0.1, 0.15) is 0 Å². The Labute approximate surface area is 94.8 Å². The zero-order valence-electron chi connectivity index (χ0n) is 4.73. The van der Waals surface area contributed by atoms with Crippen molar-refractivity contribution in [3.8, 4) is 0 Å². The van der Waals surface area contributed by atoms with Gasteiger partial charge in [0.2, 0.25) is 0 Å². The third-order valence-electron chi connectivity index (χ3n) is 0. The SMILES string of the molecule is [Ca+2].[O-][Cl+3]([O-])([O-])[O-].[O-][Cl+3]([O-])([O-])[O-]. The maximum Gasteiger partial charge on any atom is 2.00 e. The predicted octanol–water partition coefficient (Wildman–Crippen LogP) is -9.89. The quantitative estimate of drug-likeness (QED) is 0.372. The molecule has 0 aromatic heterocycles. The Bertz CT molecular complexity index is 55.1. The minimum atomic E-state index is -4.94. The summed E-state index contributed by atoms with van der Waals surface area (Å²) in [6, 6.07) is 0. The van der Waals surface area contributed by atoms with Gasteiger partial charge in [-0.25, -0.2) is 37.3 Å². The van der Waals surface area contributed by atoms with Crippen molar-refractivity contribution >= 4 is 37.7 Å². The summed E-state index contributed by atoms with van der Waals surface area (Å²) in [6.07, 6.45) is 0. The van der Waals surface area contributed by atoms with Crippen LogP contribution in [0.2, 0.25) is 0 Å². The number of hydrogen-bond acceptors (Lipinski definition) is 8. The van der Waals surface area contributed by atoms with Gasteiger partial charge in [0.05, 0.1) is 0 Å². The Morgan fingerprint density at radius 3 is 0.455 bits per heavy atom. The Morgan fingerprint density at radius 2 is 0.455 bits per heavy atom. The molecule has 0 rings (SSSR count). The number of hydrogen-bond donors (Lipinski definition) is 0. The van der Waals surface area contributed by atoms with Gasteiger partial charge in [0, 0.05) is 0 Å². The summed E-state index contributed by atoms with van der Waals surface area (Å²) in [6.45, 7) is 0. The zero-order valence-corrected chi connectivity index (χ0v) is 8.45. The second-order valence-corrected chi connectivity index (χ2v) is 2.27. The molecule has 0 amide bonds. The van der Waals surface area contributed by atoms with Crippen molar-refractivity contribution in [3.05, 3.63) is 0 Å². The van der Waals surface area contributed by atoms with Gasteiger partial charge in [-0.2, -0.15) is 0 Å². The van der Waals surface area contributed by atoms with E-state index in [2.05, 4.69) is 0 Å². The summed E-state index contributed by atoms with van der Waals surface area (Å²) in [5.41, 5.74) is 0. The Hall–Kier alpha value is 1.52. The fraction of sp³-hybridized carbons (Fsp3) is 0. The van der Waals surface area contributed by atoms with Gasteiger partial charge < -0.3 is 0 Å². The van der Waals surface area contributed by atoms with E-state index in [4.69, 9.17) is 37.3 Å². The van der Waals surface area contributed by atoms with Crippen molar-refractivity contribution in [2.75, 3.05) is 0 Å². The fourth-order valence-corrected chi connectivity index (χ4v) is 0. The van der Waals surface area contributed by atoms with Gasteiger partial charge in [-0.05, 0) is 0 Å². The second-order valence-electron chi connectivity index (χ2n) is 0.756. The van der Waals surface area contributed by atoms with Crippen LogP contribution in [0.5, 0.6) is 0 Å². The molecule has 0 spiro atoms. The van der Waals surface area contributed by atoms with E-state index in [0.717, 1.165) is 0 Å². The van der Waals surface area contributed by atoms with Crippen LogP contribution in [0.15, 0.2) is 0 Å². The van der Waals surface area contributed by atoms with Gasteiger partial charge in [0.1, 0.15) is 0 Å². The summed E-state index contributed by atoms with van der Waals surface area (Å²) < 4.78 is 67.9. The van der Waals surface area contributed by atoms with Crippen LogP contribution in [-0.4, -0.2) is 37.7 Å². The summed E-state index contributed by atoms with van der Waals surface area (Å²) in [5, 5.41) is 0. The minimum Gasteiger partial charge on any atom is -0.222 e. The molecule has 0 heterocycles. The monoisotopic (exact) mass is 238 g/mol. The molecule has 0 radical (unpaired) electrons. The second kappa shape index (κ2) is 6.97. The van der Waals surface area contributed by atoms with Gasteiger partial charge in [-0.15, -0.1) is 20.5 Å². The molecule has 0 unspecified atom stereocenters. The van der Waals surface area contributed by atoms with Crippen molar-refractivity contribution in [1.82, 2.24) is 0 Å². The van der Waals surface area contributed by atoms with Gasteiger partial charge in [0.15, 0.2) is 0 Å². The molecule has 11 heteroatoms. The molecule has 0 saturated heterocycles. The van der Waals surface area contributed by atoms with E-state index in [9.17, 15) is 0 Å². The van der Waals surface area contributed by atoms with Crippen LogP contribution >= 0.6 is 0 Å². The molecule has 0 bridgehead atoms. The van der Waals surface area contributed by atoms with Crippen molar-refractivity contribution in [1.29, 1.82) is 0 Å². The maximum atomic E-state index is 8.49. The number of halogens is 2. The van der Waals surface area contributed by atoms with Gasteiger partial charge in [-0.1, -0.05) is 0 Å². The third-order valence-corrected chi connectivity index (χ3v) is 0. The summed E-state index contributed by atoms with van der Waals surface area (Å²) in [4.78, 5) is 0. The first-order chi connectivity index (χ1) is 4.00. The third kappa shape index (κ3) is 452. The van der Waals surface area contributed by atoms with E-state index in [1.54, 1.807) is 0 Å². The van der Waals surface area contributed by atoms with Crippen molar-refractivity contribution in [2.24, 2.45) is 0 Å². The van der Waals surface area contributed by atoms with Crippen LogP contribution in [0.4, 0.5) is 0 Å². The van der Waals surface area contributed by atoms with E-state index in [0.29, 0.717) is 0 Å². The molecule has 0 atom stereocenters. The largest absolute Gasteiger partial charge is 2.00 e. The average Bonchev–Trinajstić information content (AvgIpc) is 1.12. The molecule has 0 aliphatic carbocycles. The first-order valence-corrected chi connectivity index (χ1v) is 3.70. The van der Waals surface area contributed by atoms with Crippen molar-refractivity contribution < 1.29 is 57.8 Å². The maximum absolute atomic E-state index is 8.49. The molecule has 0 aliphatic rings. The summed E-state index contributed by atoms with van der Waals surface area (Å²) in [5.74, 6) is 0. The fourth-order valence-electron chi connectivity index (χ4n) is 0. The van der Waals surface area contributed by atoms with Crippen molar-refractivity contribution in [2.45, 2.75) is 0 Å². The molecular formula is CaCl2O8. The smallest absolute Gasteiger partial charge is 0.222 e. The zero-order chi connectivity index (χ0) is 9.00. The van der Waals surface area contributed by atoms with Gasteiger partial charge in [-0.3, -0.25) is 0 Å². The first kappa shape index (κ1) is 18.3. The van der Waals surface area contributed by atoms with Crippen LogP contribution in [-0.2, 0) is 0 Å². The molecule has 0 saturated carbocycles. The topological polar surface area (TPSA) is 184 Å². The van der Waals surface area contributed by atoms with Gasteiger partial charge in [0.25, 0.3) is 0 Å². The molecule has 11 heavy (non-hydrogen) atoms.